The van der Waals surface area contributed by atoms with Gasteiger partial charge in [-0.25, -0.2) is 8.42 Å². The number of carbonyl (C=O) groups excluding carboxylic acids is 2. The lowest BCUT2D eigenvalue weighted by Gasteiger charge is -2.32. The quantitative estimate of drug-likeness (QED) is 0.293. The summed E-state index contributed by atoms with van der Waals surface area (Å²) in [5.74, 6) is -0.505. The minimum atomic E-state index is -3.56. The van der Waals surface area contributed by atoms with Crippen LogP contribution < -0.4 is 9.62 Å². The smallest absolute Gasteiger partial charge is 0.243 e. The van der Waals surface area contributed by atoms with E-state index in [0.29, 0.717) is 17.1 Å². The van der Waals surface area contributed by atoms with Crippen molar-refractivity contribution in [1.29, 1.82) is 0 Å². The van der Waals surface area contributed by atoms with E-state index in [0.717, 1.165) is 22.9 Å². The Morgan fingerprint density at radius 2 is 1.62 bits per heavy atom. The summed E-state index contributed by atoms with van der Waals surface area (Å²) >= 11 is 6.47. The Balaban J connectivity index is 1.89. The molecule has 0 aliphatic carbocycles. The maximum atomic E-state index is 13.8. The summed E-state index contributed by atoms with van der Waals surface area (Å²) in [5, 5.41) is 3.47. The molecule has 40 heavy (non-hydrogen) atoms. The highest BCUT2D eigenvalue weighted by Gasteiger charge is 2.31. The fourth-order valence-corrected chi connectivity index (χ4v) is 5.68. The van der Waals surface area contributed by atoms with E-state index >= 15 is 0 Å². The monoisotopic (exact) mass is 583 g/mol. The van der Waals surface area contributed by atoms with E-state index in [1.165, 1.54) is 4.31 Å². The van der Waals surface area contributed by atoms with Crippen molar-refractivity contribution < 1.29 is 18.0 Å². The van der Waals surface area contributed by atoms with Gasteiger partial charge in [-0.1, -0.05) is 72.3 Å². The van der Waals surface area contributed by atoms with Gasteiger partial charge in [0.25, 0.3) is 0 Å². The average Bonchev–Trinajstić information content (AvgIpc) is 2.89. The number of anilines is 1. The van der Waals surface area contributed by atoms with E-state index < -0.39 is 16.1 Å². The summed E-state index contributed by atoms with van der Waals surface area (Å²) < 4.78 is 26.5. The first kappa shape index (κ1) is 31.2. The Morgan fingerprint density at radius 3 is 2.25 bits per heavy atom. The molecule has 0 spiro atoms. The molecule has 9 heteroatoms. The van der Waals surface area contributed by atoms with Crippen LogP contribution in [-0.4, -0.2) is 50.0 Å². The van der Waals surface area contributed by atoms with Crippen LogP contribution in [0.5, 0.6) is 0 Å². The highest BCUT2D eigenvalue weighted by molar-refractivity contribution is 7.92. The van der Waals surface area contributed by atoms with E-state index in [2.05, 4.69) is 5.32 Å². The summed E-state index contributed by atoms with van der Waals surface area (Å²) in [5.41, 5.74) is 3.14. The average molecular weight is 584 g/mol. The van der Waals surface area contributed by atoms with Gasteiger partial charge in [0, 0.05) is 37.0 Å². The molecule has 0 aliphatic heterocycles. The second kappa shape index (κ2) is 14.3. The van der Waals surface area contributed by atoms with Gasteiger partial charge in [0.1, 0.15) is 6.04 Å². The summed E-state index contributed by atoms with van der Waals surface area (Å²) in [6.45, 7) is 5.94. The van der Waals surface area contributed by atoms with E-state index in [4.69, 9.17) is 11.6 Å². The maximum Gasteiger partial charge on any atom is 0.243 e. The molecule has 214 valence electrons. The summed E-state index contributed by atoms with van der Waals surface area (Å²) in [6.07, 6.45) is 1.83. The third-order valence-corrected chi connectivity index (χ3v) is 8.01. The zero-order valence-electron chi connectivity index (χ0n) is 23.5. The predicted octanol–water partition coefficient (Wildman–Crippen LogP) is 5.36. The first-order valence-corrected chi connectivity index (χ1v) is 15.6. The number of rotatable bonds is 13. The molecule has 0 radical (unpaired) electrons. The minimum Gasteiger partial charge on any atom is -0.352 e. The highest BCUT2D eigenvalue weighted by atomic mass is 35.5. The second-order valence-electron chi connectivity index (χ2n) is 10.3. The second-order valence-corrected chi connectivity index (χ2v) is 12.6. The number of nitrogens with zero attached hydrogens (tertiary/aromatic N) is 2. The van der Waals surface area contributed by atoms with Crippen LogP contribution in [0.3, 0.4) is 0 Å². The van der Waals surface area contributed by atoms with Gasteiger partial charge in [-0.2, -0.15) is 0 Å². The third kappa shape index (κ3) is 9.10. The normalized spacial score (nSPS) is 12.2. The van der Waals surface area contributed by atoms with Crippen molar-refractivity contribution in [2.75, 3.05) is 17.1 Å². The zero-order chi connectivity index (χ0) is 29.3. The van der Waals surface area contributed by atoms with Crippen LogP contribution in [0.1, 0.15) is 43.4 Å². The van der Waals surface area contributed by atoms with Crippen LogP contribution in [-0.2, 0) is 32.6 Å². The van der Waals surface area contributed by atoms with Gasteiger partial charge in [0.15, 0.2) is 0 Å². The number of sulfonamides is 1. The van der Waals surface area contributed by atoms with Gasteiger partial charge < -0.3 is 10.2 Å². The predicted molar refractivity (Wildman–Crippen MR) is 162 cm³/mol. The number of benzene rings is 3. The van der Waals surface area contributed by atoms with Gasteiger partial charge in [-0.05, 0) is 62.1 Å². The Labute approximate surface area is 243 Å². The fraction of sp³-hybridized carbons (Fsp3) is 0.355. The number of hydrogen-bond acceptors (Lipinski definition) is 4. The Hall–Kier alpha value is -3.36. The molecule has 0 saturated heterocycles. The lowest BCUT2D eigenvalue weighted by molar-refractivity contribution is -0.141. The Morgan fingerprint density at radius 1 is 0.950 bits per heavy atom. The first-order chi connectivity index (χ1) is 19.0. The van der Waals surface area contributed by atoms with Crippen molar-refractivity contribution in [3.05, 3.63) is 101 Å². The molecule has 1 unspecified atom stereocenters. The number of amides is 2. The number of nitrogens with one attached hydrogen (secondary N) is 1. The van der Waals surface area contributed by atoms with Crippen LogP contribution in [0.4, 0.5) is 5.69 Å². The summed E-state index contributed by atoms with van der Waals surface area (Å²) in [4.78, 5) is 28.9. The highest BCUT2D eigenvalue weighted by Crippen LogP contribution is 2.23. The summed E-state index contributed by atoms with van der Waals surface area (Å²) in [7, 11) is -3.56. The maximum absolute atomic E-state index is 13.8. The molecule has 3 rings (SSSR count). The van der Waals surface area contributed by atoms with E-state index in [-0.39, 0.29) is 43.8 Å². The zero-order valence-corrected chi connectivity index (χ0v) is 25.1. The molecule has 1 N–H and O–H groups in total. The fourth-order valence-electron chi connectivity index (χ4n) is 4.53. The Kier molecular flexibility index (Phi) is 11.2. The molecule has 0 heterocycles. The van der Waals surface area contributed by atoms with Crippen molar-refractivity contribution in [2.24, 2.45) is 0 Å². The van der Waals surface area contributed by atoms with Crippen molar-refractivity contribution >= 4 is 39.1 Å². The summed E-state index contributed by atoms with van der Waals surface area (Å²) in [6, 6.07) is 23.2. The van der Waals surface area contributed by atoms with Crippen LogP contribution in [0.25, 0.3) is 0 Å². The molecule has 0 bridgehead atoms. The molecule has 0 fully saturated rings. The molecule has 1 atom stereocenters. The topological polar surface area (TPSA) is 86.8 Å². The van der Waals surface area contributed by atoms with Crippen LogP contribution in [0.2, 0.25) is 5.02 Å². The van der Waals surface area contributed by atoms with Gasteiger partial charge in [0.05, 0.1) is 11.9 Å². The van der Waals surface area contributed by atoms with Gasteiger partial charge in [-0.15, -0.1) is 0 Å². The van der Waals surface area contributed by atoms with E-state index in [1.807, 2.05) is 75.4 Å². The molecule has 0 aromatic heterocycles. The van der Waals surface area contributed by atoms with Crippen molar-refractivity contribution in [1.82, 2.24) is 10.2 Å². The van der Waals surface area contributed by atoms with Gasteiger partial charge in [0.2, 0.25) is 21.8 Å². The van der Waals surface area contributed by atoms with Gasteiger partial charge in [-0.3, -0.25) is 13.9 Å². The molecule has 0 saturated carbocycles. The molecule has 0 aliphatic rings. The van der Waals surface area contributed by atoms with Crippen LogP contribution in [0, 0.1) is 6.92 Å². The number of carbonyl (C=O) groups is 2. The Bertz CT molecular complexity index is 1400. The van der Waals surface area contributed by atoms with Crippen molar-refractivity contribution in [3.8, 4) is 0 Å². The molecular formula is C31H38ClN3O4S. The molecule has 2 amide bonds. The largest absolute Gasteiger partial charge is 0.352 e. The lowest BCUT2D eigenvalue weighted by Crippen LogP contribution is -2.51. The van der Waals surface area contributed by atoms with Crippen molar-refractivity contribution in [2.45, 2.75) is 58.7 Å². The number of aryl methyl sites for hydroxylation is 1. The van der Waals surface area contributed by atoms with Gasteiger partial charge >= 0.3 is 0 Å². The number of hydrogen-bond donors (Lipinski definition) is 1. The van der Waals surface area contributed by atoms with Crippen LogP contribution >= 0.6 is 11.6 Å². The molecule has 3 aromatic rings. The van der Waals surface area contributed by atoms with Crippen LogP contribution in [0.15, 0.2) is 78.9 Å². The minimum absolute atomic E-state index is 0.0581. The molecule has 3 aromatic carbocycles. The standard InChI is InChI=1S/C31H38ClN3O4S/c1-23(2)33-31(37)29(21-25-13-6-5-7-14-25)34(22-26-15-8-9-17-28(26)32)30(36)18-11-19-35(40(4,38)39)27-16-10-12-24(3)20-27/h5-10,12-17,20,23,29H,11,18-19,21-22H2,1-4H3,(H,33,37). The van der Waals surface area contributed by atoms with E-state index in [1.54, 1.807) is 29.2 Å². The molecular weight excluding hydrogens is 546 g/mol. The lowest BCUT2D eigenvalue weighted by atomic mass is 10.0. The van der Waals surface area contributed by atoms with E-state index in [9.17, 15) is 18.0 Å². The van der Waals surface area contributed by atoms with Crippen molar-refractivity contribution in [3.63, 3.8) is 0 Å². The number of halogens is 1. The first-order valence-electron chi connectivity index (χ1n) is 13.4. The third-order valence-electron chi connectivity index (χ3n) is 6.44. The molecule has 7 nitrogen and oxygen atoms in total. The SMILES string of the molecule is Cc1cccc(N(CCCC(=O)N(Cc2ccccc2Cl)C(Cc2ccccc2)C(=O)NC(C)C)S(C)(=O)=O)c1.